The first-order valence-electron chi connectivity index (χ1n) is 18.1. The molecule has 2 atom stereocenters. The van der Waals surface area contributed by atoms with Gasteiger partial charge in [-0.05, 0) is 93.0 Å². The fourth-order valence-electron chi connectivity index (χ4n) is 8.79. The zero-order valence-electron chi connectivity index (χ0n) is 29.6. The van der Waals surface area contributed by atoms with Crippen molar-refractivity contribution in [3.05, 3.63) is 156 Å². The van der Waals surface area contributed by atoms with Gasteiger partial charge in [-0.25, -0.2) is 4.98 Å². The van der Waals surface area contributed by atoms with Gasteiger partial charge in [0.05, 0.1) is 23.4 Å². The van der Waals surface area contributed by atoms with Crippen molar-refractivity contribution in [2.75, 3.05) is 37.0 Å². The average molecular weight is 691 g/mol. The van der Waals surface area contributed by atoms with E-state index in [9.17, 15) is 0 Å². The molecule has 8 aromatic rings. The summed E-state index contributed by atoms with van der Waals surface area (Å²) >= 11 is 0. The van der Waals surface area contributed by atoms with E-state index in [1.165, 1.54) is 44.5 Å². The minimum absolute atomic E-state index is 0.185. The van der Waals surface area contributed by atoms with Gasteiger partial charge in [0.2, 0.25) is 0 Å². The van der Waals surface area contributed by atoms with Crippen LogP contribution in [0.25, 0.3) is 50.0 Å². The highest BCUT2D eigenvalue weighted by atomic mass is 15.3. The maximum atomic E-state index is 6.34. The van der Waals surface area contributed by atoms with Crippen LogP contribution in [-0.2, 0) is 0 Å². The Morgan fingerprint density at radius 1 is 0.528 bits per heavy atom. The third kappa shape index (κ3) is 4.73. The molecule has 0 saturated heterocycles. The molecule has 2 aliphatic carbocycles. The molecular formula is C45H38N8. The Bertz CT molecular complexity index is 2550. The molecule has 258 valence electrons. The molecule has 8 nitrogen and oxygen atoms in total. The van der Waals surface area contributed by atoms with Crippen molar-refractivity contribution in [3.8, 4) is 28.2 Å². The third-order valence-corrected chi connectivity index (χ3v) is 11.5. The van der Waals surface area contributed by atoms with Crippen LogP contribution in [0.4, 0.5) is 22.7 Å². The van der Waals surface area contributed by atoms with Gasteiger partial charge in [-0.2, -0.15) is 5.10 Å². The summed E-state index contributed by atoms with van der Waals surface area (Å²) in [7, 11) is 4.24. The lowest BCUT2D eigenvalue weighted by Gasteiger charge is -2.22. The van der Waals surface area contributed by atoms with E-state index in [4.69, 9.17) is 11.5 Å². The highest BCUT2D eigenvalue weighted by molar-refractivity contribution is 6.11. The van der Waals surface area contributed by atoms with Crippen LogP contribution < -0.4 is 21.3 Å². The molecular weight excluding hydrogens is 653 g/mol. The van der Waals surface area contributed by atoms with Gasteiger partial charge in [-0.15, -0.1) is 5.10 Å². The van der Waals surface area contributed by atoms with Crippen LogP contribution >= 0.6 is 0 Å². The first kappa shape index (κ1) is 31.4. The Morgan fingerprint density at radius 3 is 1.45 bits per heavy atom. The van der Waals surface area contributed by atoms with Gasteiger partial charge in [0.1, 0.15) is 0 Å². The summed E-state index contributed by atoms with van der Waals surface area (Å²) in [6, 6.07) is 43.9. The monoisotopic (exact) mass is 690 g/mol. The third-order valence-electron chi connectivity index (χ3n) is 11.5. The Labute approximate surface area is 308 Å². The second-order valence-corrected chi connectivity index (χ2v) is 14.1. The van der Waals surface area contributed by atoms with Gasteiger partial charge < -0.3 is 21.3 Å². The second kappa shape index (κ2) is 12.1. The van der Waals surface area contributed by atoms with Crippen molar-refractivity contribution in [2.24, 2.45) is 11.5 Å². The highest BCUT2D eigenvalue weighted by Crippen LogP contribution is 2.48. The standard InChI is InChI=1S/C45H38N8/c1-51(27-11-15-35-31-7-3-5-9-33(31)41(25-46)39(35)21-27)29-13-17-37-38-18-14-30(24-44(38)53(43(37)23-29)45-48-19-20-49-50-45)52(2)28-12-16-36-32-8-4-6-10-34(32)42(26-47)40(36)22-28/h3-24,41-42H,25-26,46-47H2,1-2H3. The van der Waals surface area contributed by atoms with Crippen molar-refractivity contribution >= 4 is 44.6 Å². The number of hydrogen-bond acceptors (Lipinski definition) is 7. The smallest absolute Gasteiger partial charge is 0.254 e. The van der Waals surface area contributed by atoms with E-state index >= 15 is 0 Å². The van der Waals surface area contributed by atoms with Crippen LogP contribution in [0.2, 0.25) is 0 Å². The molecule has 0 fully saturated rings. The summed E-state index contributed by atoms with van der Waals surface area (Å²) in [5.41, 5.74) is 29.3. The Balaban J connectivity index is 1.06. The number of hydrogen-bond donors (Lipinski definition) is 2. The molecule has 10 rings (SSSR count). The number of nitrogens with two attached hydrogens (primary N) is 2. The average Bonchev–Trinajstić information content (AvgIpc) is 3.84. The van der Waals surface area contributed by atoms with Crippen LogP contribution in [0.1, 0.15) is 34.1 Å². The van der Waals surface area contributed by atoms with Crippen molar-refractivity contribution in [1.82, 2.24) is 19.7 Å². The fraction of sp³-hybridized carbons (Fsp3) is 0.133. The van der Waals surface area contributed by atoms with E-state index < -0.39 is 0 Å². The molecule has 8 heteroatoms. The molecule has 0 aliphatic heterocycles. The van der Waals surface area contributed by atoms with Crippen molar-refractivity contribution in [1.29, 1.82) is 0 Å². The van der Waals surface area contributed by atoms with Crippen LogP contribution in [-0.4, -0.2) is 46.9 Å². The van der Waals surface area contributed by atoms with Gasteiger partial charge in [0.25, 0.3) is 5.95 Å². The molecule has 2 unspecified atom stereocenters. The van der Waals surface area contributed by atoms with Crippen molar-refractivity contribution < 1.29 is 0 Å². The minimum atomic E-state index is 0.185. The summed E-state index contributed by atoms with van der Waals surface area (Å²) in [5.74, 6) is 0.892. The second-order valence-electron chi connectivity index (χ2n) is 14.1. The van der Waals surface area contributed by atoms with Gasteiger partial charge in [-0.3, -0.25) is 4.57 Å². The number of anilines is 4. The molecule has 2 aliphatic rings. The molecule has 0 saturated carbocycles. The summed E-state index contributed by atoms with van der Waals surface area (Å²) in [6.07, 6.45) is 3.30. The number of benzene rings is 6. The fourth-order valence-corrected chi connectivity index (χ4v) is 8.79. The normalized spacial score (nSPS) is 15.3. The van der Waals surface area contributed by atoms with Crippen LogP contribution in [0.5, 0.6) is 0 Å². The Kier molecular flexibility index (Phi) is 7.18. The zero-order valence-corrected chi connectivity index (χ0v) is 29.6. The van der Waals surface area contributed by atoms with Crippen LogP contribution in [0.3, 0.4) is 0 Å². The van der Waals surface area contributed by atoms with Gasteiger partial charge >= 0.3 is 0 Å². The lowest BCUT2D eigenvalue weighted by atomic mass is 9.97. The maximum absolute atomic E-state index is 6.34. The van der Waals surface area contributed by atoms with E-state index in [1.54, 1.807) is 12.4 Å². The topological polar surface area (TPSA) is 102 Å². The van der Waals surface area contributed by atoms with E-state index in [1.807, 2.05) is 0 Å². The predicted octanol–water partition coefficient (Wildman–Crippen LogP) is 8.65. The Hall–Kier alpha value is -6.35. The number of fused-ring (bicyclic) bond motifs is 9. The number of nitrogens with zero attached hydrogens (tertiary/aromatic N) is 6. The van der Waals surface area contributed by atoms with Gasteiger partial charge in [-0.1, -0.05) is 72.8 Å². The molecule has 2 aromatic heterocycles. The van der Waals surface area contributed by atoms with Crippen LogP contribution in [0.15, 0.2) is 134 Å². The summed E-state index contributed by atoms with van der Waals surface area (Å²) in [5, 5.41) is 10.9. The van der Waals surface area contributed by atoms with E-state index in [0.717, 1.165) is 44.6 Å². The first-order chi connectivity index (χ1) is 26.0. The van der Waals surface area contributed by atoms with E-state index in [0.29, 0.717) is 19.0 Å². The quantitative estimate of drug-likeness (QED) is 0.173. The first-order valence-corrected chi connectivity index (χ1v) is 18.1. The molecule has 4 N–H and O–H groups in total. The number of aromatic nitrogens is 4. The lowest BCUT2D eigenvalue weighted by molar-refractivity contribution is 0.840. The lowest BCUT2D eigenvalue weighted by Crippen LogP contribution is -2.13. The van der Waals surface area contributed by atoms with Crippen molar-refractivity contribution in [2.45, 2.75) is 11.8 Å². The summed E-state index contributed by atoms with van der Waals surface area (Å²) < 4.78 is 2.12. The predicted molar refractivity (Wildman–Crippen MR) is 216 cm³/mol. The molecule has 0 radical (unpaired) electrons. The maximum Gasteiger partial charge on any atom is 0.254 e. The van der Waals surface area contributed by atoms with E-state index in [2.05, 4.69) is 165 Å². The van der Waals surface area contributed by atoms with Gasteiger partial charge in [0.15, 0.2) is 0 Å². The highest BCUT2D eigenvalue weighted by Gasteiger charge is 2.29. The SMILES string of the molecule is CN(c1ccc2c(c1)C(CN)c1ccccc1-2)c1ccc2c3ccc(N(C)c4ccc5c(c4)C(CN)c4ccccc4-5)cc3n(-c3nccnn3)c2c1. The molecule has 6 aromatic carbocycles. The Morgan fingerprint density at radius 2 is 0.981 bits per heavy atom. The summed E-state index contributed by atoms with van der Waals surface area (Å²) in [6.45, 7) is 1.14. The molecule has 53 heavy (non-hydrogen) atoms. The number of rotatable bonds is 7. The molecule has 0 amide bonds. The zero-order chi connectivity index (χ0) is 35.8. The van der Waals surface area contributed by atoms with E-state index in [-0.39, 0.29) is 11.8 Å². The van der Waals surface area contributed by atoms with Crippen LogP contribution in [0, 0.1) is 0 Å². The minimum Gasteiger partial charge on any atom is -0.345 e. The molecule has 0 spiro atoms. The summed E-state index contributed by atoms with van der Waals surface area (Å²) in [4.78, 5) is 9.16. The largest absolute Gasteiger partial charge is 0.345 e. The molecule has 0 bridgehead atoms. The molecule has 2 heterocycles. The van der Waals surface area contributed by atoms with Crippen molar-refractivity contribution in [3.63, 3.8) is 0 Å². The van der Waals surface area contributed by atoms with Gasteiger partial charge in [0, 0.05) is 72.5 Å².